The highest BCUT2D eigenvalue weighted by molar-refractivity contribution is 6.38. The zero-order chi connectivity index (χ0) is 14.3. The van der Waals surface area contributed by atoms with E-state index >= 15 is 0 Å². The number of hydrogen-bond donors (Lipinski definition) is 2. The lowest BCUT2D eigenvalue weighted by molar-refractivity contribution is 1.08. The van der Waals surface area contributed by atoms with Crippen molar-refractivity contribution in [2.75, 3.05) is 0 Å². The second-order valence-electron chi connectivity index (χ2n) is 4.27. The summed E-state index contributed by atoms with van der Waals surface area (Å²) in [6.07, 6.45) is 0. The van der Waals surface area contributed by atoms with Gasteiger partial charge < -0.3 is 4.98 Å². The van der Waals surface area contributed by atoms with E-state index in [1.54, 1.807) is 30.3 Å². The number of aromatic amines is 2. The first-order valence-corrected chi connectivity index (χ1v) is 6.52. The highest BCUT2D eigenvalue weighted by Crippen LogP contribution is 2.32. The van der Waals surface area contributed by atoms with E-state index in [0.717, 1.165) is 5.56 Å². The van der Waals surface area contributed by atoms with Crippen LogP contribution in [0.15, 0.2) is 46.0 Å². The van der Waals surface area contributed by atoms with E-state index in [2.05, 4.69) is 9.97 Å². The van der Waals surface area contributed by atoms with E-state index in [1.807, 2.05) is 6.07 Å². The Morgan fingerprint density at radius 2 is 1.75 bits per heavy atom. The predicted octanol–water partition coefficient (Wildman–Crippen LogP) is 3.19. The topological polar surface area (TPSA) is 65.7 Å². The van der Waals surface area contributed by atoms with E-state index < -0.39 is 11.2 Å². The maximum Gasteiger partial charge on any atom is 0.326 e. The fourth-order valence-electron chi connectivity index (χ4n) is 2.10. The normalized spacial score (nSPS) is 10.9. The molecule has 6 heteroatoms. The van der Waals surface area contributed by atoms with Gasteiger partial charge in [0.25, 0.3) is 5.56 Å². The fraction of sp³-hybridized carbons (Fsp3) is 0. The molecule has 0 amide bonds. The summed E-state index contributed by atoms with van der Waals surface area (Å²) in [7, 11) is 0. The van der Waals surface area contributed by atoms with Crippen molar-refractivity contribution in [3.8, 4) is 11.1 Å². The molecule has 0 fully saturated rings. The average Bonchev–Trinajstić information content (AvgIpc) is 2.38. The number of aromatic nitrogens is 2. The van der Waals surface area contributed by atoms with Gasteiger partial charge in [0.2, 0.25) is 0 Å². The van der Waals surface area contributed by atoms with Crippen molar-refractivity contribution in [2.45, 2.75) is 0 Å². The molecular weight excluding hydrogens is 299 g/mol. The van der Waals surface area contributed by atoms with Crippen LogP contribution in [0, 0.1) is 0 Å². The maximum absolute atomic E-state index is 11.9. The van der Waals surface area contributed by atoms with E-state index in [1.165, 1.54) is 0 Å². The molecule has 0 saturated carbocycles. The molecule has 0 aliphatic carbocycles. The van der Waals surface area contributed by atoms with Crippen LogP contribution >= 0.6 is 23.2 Å². The third-order valence-corrected chi connectivity index (χ3v) is 3.61. The lowest BCUT2D eigenvalue weighted by Gasteiger charge is -2.07. The molecule has 0 aliphatic heterocycles. The molecule has 2 aromatic carbocycles. The van der Waals surface area contributed by atoms with E-state index in [9.17, 15) is 9.59 Å². The van der Waals surface area contributed by atoms with Gasteiger partial charge in [0.15, 0.2) is 0 Å². The van der Waals surface area contributed by atoms with Crippen LogP contribution in [0.4, 0.5) is 0 Å². The van der Waals surface area contributed by atoms with Crippen LogP contribution in [-0.4, -0.2) is 9.97 Å². The maximum atomic E-state index is 11.9. The Balaban J connectivity index is 2.37. The molecule has 1 aromatic heterocycles. The average molecular weight is 307 g/mol. The molecule has 0 radical (unpaired) electrons. The van der Waals surface area contributed by atoms with Crippen LogP contribution in [-0.2, 0) is 0 Å². The van der Waals surface area contributed by atoms with E-state index in [4.69, 9.17) is 23.2 Å². The number of fused-ring (bicyclic) bond motifs is 1. The van der Waals surface area contributed by atoms with Crippen LogP contribution in [0.2, 0.25) is 10.0 Å². The second-order valence-corrected chi connectivity index (χ2v) is 5.08. The monoisotopic (exact) mass is 306 g/mol. The summed E-state index contributed by atoms with van der Waals surface area (Å²) >= 11 is 12.3. The third-order valence-electron chi connectivity index (χ3n) is 2.98. The van der Waals surface area contributed by atoms with Gasteiger partial charge in [0, 0.05) is 10.6 Å². The lowest BCUT2D eigenvalue weighted by atomic mass is 10.0. The Bertz CT molecular complexity index is 928. The Morgan fingerprint density at radius 3 is 2.50 bits per heavy atom. The zero-order valence-corrected chi connectivity index (χ0v) is 11.5. The van der Waals surface area contributed by atoms with Crippen LogP contribution in [0.25, 0.3) is 22.0 Å². The molecule has 0 bridgehead atoms. The Labute approximate surface area is 123 Å². The van der Waals surface area contributed by atoms with E-state index in [-0.39, 0.29) is 10.4 Å². The number of benzene rings is 2. The molecule has 0 spiro atoms. The van der Waals surface area contributed by atoms with Gasteiger partial charge in [-0.2, -0.15) is 0 Å². The van der Waals surface area contributed by atoms with Crippen LogP contribution in [0.5, 0.6) is 0 Å². The van der Waals surface area contributed by atoms with Gasteiger partial charge in [-0.1, -0.05) is 41.4 Å². The Hall–Kier alpha value is -2.04. The van der Waals surface area contributed by atoms with E-state index in [0.29, 0.717) is 16.1 Å². The molecule has 20 heavy (non-hydrogen) atoms. The minimum absolute atomic E-state index is 0.253. The van der Waals surface area contributed by atoms with Gasteiger partial charge in [-0.25, -0.2) is 4.79 Å². The fourth-order valence-corrected chi connectivity index (χ4v) is 2.65. The molecule has 3 aromatic rings. The number of rotatable bonds is 1. The summed E-state index contributed by atoms with van der Waals surface area (Å²) in [5.41, 5.74) is 0.801. The number of halogens is 2. The van der Waals surface area contributed by atoms with Crippen LogP contribution in [0.3, 0.4) is 0 Å². The largest absolute Gasteiger partial charge is 0.326 e. The van der Waals surface area contributed by atoms with Crippen LogP contribution in [0.1, 0.15) is 0 Å². The molecule has 2 N–H and O–H groups in total. The van der Waals surface area contributed by atoms with Crippen LogP contribution < -0.4 is 11.2 Å². The molecule has 0 aliphatic rings. The molecule has 0 saturated heterocycles. The lowest BCUT2D eigenvalue weighted by Crippen LogP contribution is -2.22. The van der Waals surface area contributed by atoms with Crippen molar-refractivity contribution < 1.29 is 0 Å². The quantitative estimate of drug-likeness (QED) is 0.725. The smallest absolute Gasteiger partial charge is 0.307 e. The molecule has 0 unspecified atom stereocenters. The van der Waals surface area contributed by atoms with Gasteiger partial charge in [-0.3, -0.25) is 9.78 Å². The van der Waals surface area contributed by atoms with Crippen molar-refractivity contribution in [1.29, 1.82) is 0 Å². The van der Waals surface area contributed by atoms with Gasteiger partial charge >= 0.3 is 5.69 Å². The van der Waals surface area contributed by atoms with Crippen molar-refractivity contribution in [1.82, 2.24) is 9.97 Å². The predicted molar refractivity (Wildman–Crippen MR) is 80.6 cm³/mol. The summed E-state index contributed by atoms with van der Waals surface area (Å²) < 4.78 is 0. The zero-order valence-electron chi connectivity index (χ0n) is 10.0. The molecule has 3 rings (SSSR count). The van der Waals surface area contributed by atoms with Crippen molar-refractivity contribution in [3.63, 3.8) is 0 Å². The SMILES string of the molecule is O=c1[nH]c(=O)c2c(Cl)c(-c3cccc(Cl)c3)ccc2[nH]1. The highest BCUT2D eigenvalue weighted by atomic mass is 35.5. The van der Waals surface area contributed by atoms with Gasteiger partial charge in [0.05, 0.1) is 15.9 Å². The first-order valence-electron chi connectivity index (χ1n) is 5.77. The highest BCUT2D eigenvalue weighted by Gasteiger charge is 2.11. The van der Waals surface area contributed by atoms with Gasteiger partial charge in [-0.15, -0.1) is 0 Å². The Kier molecular flexibility index (Phi) is 3.12. The molecule has 1 heterocycles. The summed E-state index contributed by atoms with van der Waals surface area (Å²) in [5.74, 6) is 0. The summed E-state index contributed by atoms with van der Waals surface area (Å²) in [6.45, 7) is 0. The van der Waals surface area contributed by atoms with Crippen molar-refractivity contribution in [2.24, 2.45) is 0 Å². The summed E-state index contributed by atoms with van der Waals surface area (Å²) in [6, 6.07) is 10.5. The number of nitrogens with one attached hydrogen (secondary N) is 2. The molecule has 0 atom stereocenters. The summed E-state index contributed by atoms with van der Waals surface area (Å²) in [4.78, 5) is 27.8. The molecule has 100 valence electrons. The van der Waals surface area contributed by atoms with Crippen molar-refractivity contribution in [3.05, 3.63) is 67.3 Å². The third kappa shape index (κ3) is 2.13. The minimum atomic E-state index is -0.561. The number of H-pyrrole nitrogens is 2. The summed E-state index contributed by atoms with van der Waals surface area (Å²) in [5, 5.41) is 1.11. The first kappa shape index (κ1) is 13.0. The van der Waals surface area contributed by atoms with Gasteiger partial charge in [-0.05, 0) is 23.8 Å². The second kappa shape index (κ2) is 4.81. The van der Waals surface area contributed by atoms with Gasteiger partial charge in [0.1, 0.15) is 0 Å². The minimum Gasteiger partial charge on any atom is -0.307 e. The Morgan fingerprint density at radius 1 is 0.950 bits per heavy atom. The molecule has 4 nitrogen and oxygen atoms in total. The standard InChI is InChI=1S/C14H8Cl2N2O2/c15-8-3-1-2-7(6-8)9-4-5-10-11(12(9)16)13(19)18-14(20)17-10/h1-6H,(H2,17,18,19,20). The number of hydrogen-bond acceptors (Lipinski definition) is 2. The first-order chi connectivity index (χ1) is 9.56. The van der Waals surface area contributed by atoms with Crippen molar-refractivity contribution >= 4 is 34.1 Å². The molecular formula is C14H8Cl2N2O2.